The SMILES string of the molecule is CC.CCC(C)CC(NCCN=COC)C(C)CC.COc1ccc(C(N=C([O-])OCC2c3ccccc3-c3ccccc32)c2ccc(OCC(=O)O)cc2)c(OC)c1. The number of aliphatic carboxylic acids is 1. The monoisotopic (exact) mass is 810 g/mol. The number of fused-ring (bicyclic) bond motifs is 3. The molecule has 11 nitrogen and oxygen atoms in total. The number of carbonyl (C=O) groups is 1. The number of rotatable bonds is 20. The molecule has 0 radical (unpaired) electrons. The van der Waals surface area contributed by atoms with Gasteiger partial charge in [-0.05, 0) is 70.3 Å². The minimum atomic E-state index is -1.07. The van der Waals surface area contributed by atoms with Gasteiger partial charge >= 0.3 is 5.97 Å². The molecular weight excluding hydrogens is 747 g/mol. The number of aliphatic imine (C=N–C) groups is 2. The summed E-state index contributed by atoms with van der Waals surface area (Å²) in [6.45, 7) is 14.6. The van der Waals surface area contributed by atoms with Crippen molar-refractivity contribution < 1.29 is 38.7 Å². The molecule has 4 aromatic carbocycles. The number of benzene rings is 4. The Morgan fingerprint density at radius 2 is 1.49 bits per heavy atom. The van der Waals surface area contributed by atoms with Crippen LogP contribution >= 0.6 is 0 Å². The lowest BCUT2D eigenvalue weighted by atomic mass is 9.89. The molecule has 0 aromatic heterocycles. The maximum atomic E-state index is 13.2. The van der Waals surface area contributed by atoms with Crippen LogP contribution in [0.3, 0.4) is 0 Å². The van der Waals surface area contributed by atoms with Crippen LogP contribution in [0.1, 0.15) is 95.0 Å². The van der Waals surface area contributed by atoms with E-state index in [-0.39, 0.29) is 12.5 Å². The molecule has 5 rings (SSSR count). The minimum absolute atomic E-state index is 0.0915. The summed E-state index contributed by atoms with van der Waals surface area (Å²) in [5, 5.41) is 25.7. The maximum Gasteiger partial charge on any atom is 0.341 e. The molecule has 320 valence electrons. The topological polar surface area (TPSA) is 143 Å². The van der Waals surface area contributed by atoms with Crippen LogP contribution in [0.5, 0.6) is 17.2 Å². The van der Waals surface area contributed by atoms with Crippen molar-refractivity contribution in [1.82, 2.24) is 5.32 Å². The molecule has 11 heteroatoms. The lowest BCUT2D eigenvalue weighted by Gasteiger charge is -2.26. The van der Waals surface area contributed by atoms with E-state index in [1.54, 1.807) is 56.7 Å². The quantitative estimate of drug-likeness (QED) is 0.0508. The summed E-state index contributed by atoms with van der Waals surface area (Å²) in [6.07, 6.45) is 4.55. The van der Waals surface area contributed by atoms with Crippen LogP contribution in [0, 0.1) is 11.8 Å². The van der Waals surface area contributed by atoms with Crippen molar-refractivity contribution in [2.24, 2.45) is 21.8 Å². The Hall–Kier alpha value is -5.55. The second kappa shape index (κ2) is 25.7. The van der Waals surface area contributed by atoms with Gasteiger partial charge in [0.1, 0.15) is 29.4 Å². The average molecular weight is 811 g/mol. The lowest BCUT2D eigenvalue weighted by molar-refractivity contribution is -0.251. The first-order valence-corrected chi connectivity index (χ1v) is 20.6. The molecule has 0 spiro atoms. The Morgan fingerprint density at radius 3 is 2.05 bits per heavy atom. The summed E-state index contributed by atoms with van der Waals surface area (Å²) in [4.78, 5) is 19.4. The fraction of sp³-hybridized carbons (Fsp3) is 0.438. The first-order valence-electron chi connectivity index (χ1n) is 20.6. The zero-order valence-corrected chi connectivity index (χ0v) is 36.3. The third-order valence-corrected chi connectivity index (χ3v) is 10.4. The molecule has 4 atom stereocenters. The zero-order chi connectivity index (χ0) is 43.2. The number of hydrogen-bond donors (Lipinski definition) is 2. The first-order chi connectivity index (χ1) is 28.6. The predicted molar refractivity (Wildman–Crippen MR) is 235 cm³/mol. The van der Waals surface area contributed by atoms with Gasteiger partial charge in [0.2, 0.25) is 0 Å². The van der Waals surface area contributed by atoms with Crippen molar-refractivity contribution >= 4 is 18.5 Å². The van der Waals surface area contributed by atoms with Gasteiger partial charge in [-0.1, -0.05) is 115 Å². The minimum Gasteiger partial charge on any atom is -0.599 e. The molecule has 0 saturated carbocycles. The molecule has 1 aliphatic carbocycles. The Balaban J connectivity index is 0.000000414. The fourth-order valence-electron chi connectivity index (χ4n) is 6.84. The summed E-state index contributed by atoms with van der Waals surface area (Å²) >= 11 is 0. The Kier molecular flexibility index (Phi) is 20.9. The summed E-state index contributed by atoms with van der Waals surface area (Å²) < 4.78 is 26.7. The van der Waals surface area contributed by atoms with Crippen LogP contribution < -0.4 is 24.6 Å². The van der Waals surface area contributed by atoms with Crippen LogP contribution in [0.4, 0.5) is 0 Å². The van der Waals surface area contributed by atoms with Crippen molar-refractivity contribution in [3.8, 4) is 28.4 Å². The van der Waals surface area contributed by atoms with Crippen molar-refractivity contribution in [3.05, 3.63) is 113 Å². The second-order valence-electron chi connectivity index (χ2n) is 14.1. The number of hydrogen-bond acceptors (Lipinski definition) is 10. The van der Waals surface area contributed by atoms with E-state index in [9.17, 15) is 9.90 Å². The van der Waals surface area contributed by atoms with Gasteiger partial charge in [-0.3, -0.25) is 9.98 Å². The molecule has 0 aliphatic heterocycles. The standard InChI is InChI=1S/C32H29NO7.C14H30N2O.C2H6/c1-37-22-15-16-27(29(17-22)38-2)31(20-11-13-21(14-12-20)39-19-30(34)35)33-32(36)40-18-28-25-9-5-3-7-23(25)24-8-4-6-10-26(24)28;1-6-12(3)10-14(13(4)7-2)16-9-8-15-11-17-5;1-2/h3-17,28,31H,18-19H2,1-2H3,(H,33,36)(H,34,35);11-14,16H,6-10H2,1-5H3;1-2H3/p-1. The molecule has 2 N–H and O–H groups in total. The first kappa shape index (κ1) is 47.8. The van der Waals surface area contributed by atoms with Crippen molar-refractivity contribution in [2.45, 2.75) is 78.8 Å². The van der Waals surface area contributed by atoms with Crippen LogP contribution in [0.25, 0.3) is 11.1 Å². The lowest BCUT2D eigenvalue weighted by Crippen LogP contribution is -2.37. The van der Waals surface area contributed by atoms with E-state index in [0.29, 0.717) is 34.4 Å². The third-order valence-electron chi connectivity index (χ3n) is 10.4. The van der Waals surface area contributed by atoms with Crippen molar-refractivity contribution in [2.75, 3.05) is 47.6 Å². The number of nitrogens with one attached hydrogen (secondary N) is 1. The van der Waals surface area contributed by atoms with E-state index in [4.69, 9.17) is 28.8 Å². The fourth-order valence-corrected chi connectivity index (χ4v) is 6.84. The van der Waals surface area contributed by atoms with Gasteiger partial charge in [0.15, 0.2) is 13.0 Å². The summed E-state index contributed by atoms with van der Waals surface area (Å²) in [6, 6.07) is 28.1. The van der Waals surface area contributed by atoms with Gasteiger partial charge in [0.25, 0.3) is 0 Å². The van der Waals surface area contributed by atoms with Crippen LogP contribution in [-0.4, -0.2) is 77.2 Å². The third kappa shape index (κ3) is 14.4. The van der Waals surface area contributed by atoms with E-state index in [2.05, 4.69) is 67.3 Å². The molecule has 59 heavy (non-hydrogen) atoms. The molecule has 4 unspecified atom stereocenters. The van der Waals surface area contributed by atoms with E-state index in [0.717, 1.165) is 47.2 Å². The molecule has 0 heterocycles. The van der Waals surface area contributed by atoms with E-state index in [1.807, 2.05) is 38.1 Å². The summed E-state index contributed by atoms with van der Waals surface area (Å²) in [7, 11) is 4.72. The molecule has 0 amide bonds. The molecule has 0 saturated heterocycles. The number of carboxylic acid groups (broad SMARTS) is 1. The molecule has 4 aromatic rings. The normalized spacial score (nSPS) is 13.9. The highest BCUT2D eigenvalue weighted by molar-refractivity contribution is 5.79. The van der Waals surface area contributed by atoms with Crippen molar-refractivity contribution in [3.63, 3.8) is 0 Å². The number of nitrogens with zero attached hydrogens (tertiary/aromatic N) is 2. The van der Waals surface area contributed by atoms with Crippen molar-refractivity contribution in [1.29, 1.82) is 0 Å². The van der Waals surface area contributed by atoms with Crippen LogP contribution in [-0.2, 0) is 14.3 Å². The maximum absolute atomic E-state index is 13.2. The van der Waals surface area contributed by atoms with Crippen LogP contribution in [0.15, 0.2) is 101 Å². The molecule has 0 fully saturated rings. The second-order valence-corrected chi connectivity index (χ2v) is 14.1. The smallest absolute Gasteiger partial charge is 0.341 e. The average Bonchev–Trinajstić information content (AvgIpc) is 3.60. The van der Waals surface area contributed by atoms with Gasteiger partial charge in [0, 0.05) is 36.7 Å². The Morgan fingerprint density at radius 1 is 0.864 bits per heavy atom. The largest absolute Gasteiger partial charge is 0.599 e. The number of carboxylic acids is 1. The van der Waals surface area contributed by atoms with Crippen LogP contribution in [0.2, 0.25) is 0 Å². The number of methoxy groups -OCH3 is 3. The van der Waals surface area contributed by atoms with Gasteiger partial charge in [-0.25, -0.2) is 4.79 Å². The van der Waals surface area contributed by atoms with Gasteiger partial charge in [0.05, 0.1) is 27.9 Å². The highest BCUT2D eigenvalue weighted by Crippen LogP contribution is 2.44. The van der Waals surface area contributed by atoms with E-state index < -0.39 is 24.7 Å². The zero-order valence-electron chi connectivity index (χ0n) is 36.3. The highest BCUT2D eigenvalue weighted by atomic mass is 16.6. The summed E-state index contributed by atoms with van der Waals surface area (Å²) in [5.74, 6) is 1.83. The number of ether oxygens (including phenoxy) is 5. The van der Waals surface area contributed by atoms with Gasteiger partial charge < -0.3 is 39.2 Å². The summed E-state index contributed by atoms with van der Waals surface area (Å²) in [5.41, 5.74) is 5.81. The molecular formula is C48H64N3O8-. The predicted octanol–water partition coefficient (Wildman–Crippen LogP) is 8.93. The van der Waals surface area contributed by atoms with E-state index in [1.165, 1.54) is 32.8 Å². The van der Waals surface area contributed by atoms with E-state index >= 15 is 0 Å². The highest BCUT2D eigenvalue weighted by Gasteiger charge is 2.27. The Bertz CT molecular complexity index is 1850. The van der Waals surface area contributed by atoms with Gasteiger partial charge in [-0.2, -0.15) is 0 Å². The van der Waals surface area contributed by atoms with Gasteiger partial charge in [-0.15, -0.1) is 0 Å². The molecule has 1 aliphatic rings. The molecule has 0 bridgehead atoms. The Labute approximate surface area is 351 Å².